The number of nitrogens with one attached hydrogen (secondary N) is 1. The van der Waals surface area contributed by atoms with E-state index < -0.39 is 6.17 Å². The van der Waals surface area contributed by atoms with Crippen molar-refractivity contribution in [3.8, 4) is 5.75 Å². The van der Waals surface area contributed by atoms with Gasteiger partial charge in [0, 0.05) is 11.4 Å². The van der Waals surface area contributed by atoms with Gasteiger partial charge in [-0.05, 0) is 67.9 Å². The molecular formula is C25H24N2O4. The van der Waals surface area contributed by atoms with Crippen molar-refractivity contribution in [3.63, 3.8) is 0 Å². The largest absolute Gasteiger partial charge is 0.494 e. The fraction of sp³-hybridized carbons (Fsp3) is 0.200. The lowest BCUT2D eigenvalue weighted by atomic mass is 10.0. The summed E-state index contributed by atoms with van der Waals surface area (Å²) in [4.78, 5) is 27.2. The average Bonchev–Trinajstić information content (AvgIpc) is 2.80. The van der Waals surface area contributed by atoms with Gasteiger partial charge in [-0.25, -0.2) is 4.79 Å². The molecule has 1 heterocycles. The van der Waals surface area contributed by atoms with Crippen molar-refractivity contribution in [2.24, 2.45) is 0 Å². The number of carbonyl (C=O) groups is 2. The van der Waals surface area contributed by atoms with Crippen LogP contribution in [0.5, 0.6) is 5.75 Å². The number of esters is 1. The summed E-state index contributed by atoms with van der Waals surface area (Å²) in [6.07, 6.45) is -0.411. The van der Waals surface area contributed by atoms with Gasteiger partial charge in [-0.3, -0.25) is 9.69 Å². The molecule has 31 heavy (non-hydrogen) atoms. The fourth-order valence-electron chi connectivity index (χ4n) is 3.64. The number of carbonyl (C=O) groups excluding carboxylic acids is 2. The summed E-state index contributed by atoms with van der Waals surface area (Å²) < 4.78 is 10.6. The smallest absolute Gasteiger partial charge is 0.338 e. The monoisotopic (exact) mass is 416 g/mol. The molecule has 158 valence electrons. The third-order valence-electron chi connectivity index (χ3n) is 5.09. The van der Waals surface area contributed by atoms with Crippen molar-refractivity contribution in [3.05, 3.63) is 89.5 Å². The van der Waals surface area contributed by atoms with Crippen LogP contribution in [0.15, 0.2) is 72.8 Å². The lowest BCUT2D eigenvalue weighted by Crippen LogP contribution is -2.43. The molecule has 0 radical (unpaired) electrons. The number of benzene rings is 3. The van der Waals surface area contributed by atoms with Crippen LogP contribution < -0.4 is 15.0 Å². The number of hydrogen-bond acceptors (Lipinski definition) is 5. The summed E-state index contributed by atoms with van der Waals surface area (Å²) in [5.41, 5.74) is 3.42. The molecule has 1 aliphatic heterocycles. The first-order chi connectivity index (χ1) is 15.1. The van der Waals surface area contributed by atoms with Gasteiger partial charge in [0.2, 0.25) is 0 Å². The number of ether oxygens (including phenoxy) is 2. The molecule has 0 spiro atoms. The summed E-state index contributed by atoms with van der Waals surface area (Å²) >= 11 is 0. The number of nitrogens with zero attached hydrogens (tertiary/aromatic N) is 1. The molecule has 4 rings (SSSR count). The Morgan fingerprint density at radius 2 is 1.65 bits per heavy atom. The van der Waals surface area contributed by atoms with Gasteiger partial charge in [-0.15, -0.1) is 0 Å². The van der Waals surface area contributed by atoms with E-state index in [1.807, 2.05) is 49.4 Å². The van der Waals surface area contributed by atoms with Crippen LogP contribution in [0.25, 0.3) is 0 Å². The maximum atomic E-state index is 13.5. The van der Waals surface area contributed by atoms with Gasteiger partial charge in [0.1, 0.15) is 11.9 Å². The minimum absolute atomic E-state index is 0.114. The van der Waals surface area contributed by atoms with Crippen LogP contribution in [-0.2, 0) is 4.74 Å². The molecule has 1 aliphatic rings. The van der Waals surface area contributed by atoms with E-state index in [0.717, 1.165) is 17.0 Å². The van der Waals surface area contributed by atoms with Gasteiger partial charge in [0.15, 0.2) is 0 Å². The van der Waals surface area contributed by atoms with Gasteiger partial charge in [-0.2, -0.15) is 0 Å². The van der Waals surface area contributed by atoms with Crippen molar-refractivity contribution >= 4 is 23.3 Å². The lowest BCUT2D eigenvalue weighted by Gasteiger charge is -2.38. The highest BCUT2D eigenvalue weighted by molar-refractivity contribution is 6.12. The minimum atomic E-state index is -0.411. The number of rotatable bonds is 6. The molecule has 0 bridgehead atoms. The zero-order chi connectivity index (χ0) is 21.8. The second-order valence-corrected chi connectivity index (χ2v) is 7.04. The molecule has 0 saturated heterocycles. The third kappa shape index (κ3) is 4.10. The van der Waals surface area contributed by atoms with Crippen molar-refractivity contribution < 1.29 is 19.1 Å². The van der Waals surface area contributed by atoms with E-state index >= 15 is 0 Å². The maximum Gasteiger partial charge on any atom is 0.338 e. The molecule has 3 aromatic carbocycles. The SMILES string of the molecule is CCOC(=O)c1ccc(N2C(=O)c3ccccc3N[C@H]2c2ccc(OCC)cc2)cc1. The van der Waals surface area contributed by atoms with Crippen LogP contribution in [0, 0.1) is 0 Å². The normalized spacial score (nSPS) is 15.1. The Labute approximate surface area is 181 Å². The van der Waals surface area contributed by atoms with E-state index in [1.54, 1.807) is 42.2 Å². The summed E-state index contributed by atoms with van der Waals surface area (Å²) in [5.74, 6) is 0.279. The van der Waals surface area contributed by atoms with E-state index in [1.165, 1.54) is 0 Å². The first kappa shape index (κ1) is 20.5. The molecule has 0 aliphatic carbocycles. The second-order valence-electron chi connectivity index (χ2n) is 7.04. The van der Waals surface area contributed by atoms with Gasteiger partial charge in [0.05, 0.1) is 24.3 Å². The van der Waals surface area contributed by atoms with E-state index in [2.05, 4.69) is 5.32 Å². The number of hydrogen-bond donors (Lipinski definition) is 1. The molecule has 0 fully saturated rings. The van der Waals surface area contributed by atoms with Gasteiger partial charge >= 0.3 is 5.97 Å². The van der Waals surface area contributed by atoms with Crippen LogP contribution >= 0.6 is 0 Å². The molecular weight excluding hydrogens is 392 g/mol. The van der Waals surface area contributed by atoms with Crippen LogP contribution in [0.3, 0.4) is 0 Å². The van der Waals surface area contributed by atoms with E-state index in [4.69, 9.17) is 9.47 Å². The van der Waals surface area contributed by atoms with Crippen molar-refractivity contribution in [2.45, 2.75) is 20.0 Å². The van der Waals surface area contributed by atoms with Crippen molar-refractivity contribution in [2.75, 3.05) is 23.4 Å². The molecule has 0 unspecified atom stereocenters. The fourth-order valence-corrected chi connectivity index (χ4v) is 3.64. The minimum Gasteiger partial charge on any atom is -0.494 e. The Morgan fingerprint density at radius 3 is 2.32 bits per heavy atom. The summed E-state index contributed by atoms with van der Waals surface area (Å²) in [5, 5.41) is 3.47. The quantitative estimate of drug-likeness (QED) is 0.571. The first-order valence-electron chi connectivity index (χ1n) is 10.3. The van der Waals surface area contributed by atoms with Crippen molar-refractivity contribution in [1.29, 1.82) is 0 Å². The Morgan fingerprint density at radius 1 is 0.935 bits per heavy atom. The Bertz CT molecular complexity index is 1080. The van der Waals surface area contributed by atoms with Crippen LogP contribution in [0.1, 0.15) is 46.3 Å². The number of para-hydroxylation sites is 1. The average molecular weight is 416 g/mol. The maximum absolute atomic E-state index is 13.5. The number of fused-ring (bicyclic) bond motifs is 1. The Kier molecular flexibility index (Phi) is 5.89. The van der Waals surface area contributed by atoms with Crippen LogP contribution in [0.2, 0.25) is 0 Å². The highest BCUT2D eigenvalue weighted by Gasteiger charge is 2.34. The third-order valence-corrected chi connectivity index (χ3v) is 5.09. The number of amides is 1. The highest BCUT2D eigenvalue weighted by Crippen LogP contribution is 2.37. The van der Waals surface area contributed by atoms with Gasteiger partial charge in [0.25, 0.3) is 5.91 Å². The second kappa shape index (κ2) is 8.92. The molecule has 6 nitrogen and oxygen atoms in total. The zero-order valence-electron chi connectivity index (χ0n) is 17.5. The van der Waals surface area contributed by atoms with Crippen LogP contribution in [-0.4, -0.2) is 25.1 Å². The molecule has 1 atom stereocenters. The summed E-state index contributed by atoms with van der Waals surface area (Å²) in [6.45, 7) is 4.61. The molecule has 6 heteroatoms. The topological polar surface area (TPSA) is 67.9 Å². The van der Waals surface area contributed by atoms with E-state index in [9.17, 15) is 9.59 Å². The molecule has 3 aromatic rings. The number of anilines is 2. The molecule has 1 amide bonds. The Hall–Kier alpha value is -3.80. The molecule has 0 aromatic heterocycles. The van der Waals surface area contributed by atoms with E-state index in [0.29, 0.717) is 30.0 Å². The molecule has 1 N–H and O–H groups in total. The van der Waals surface area contributed by atoms with Gasteiger partial charge < -0.3 is 14.8 Å². The first-order valence-corrected chi connectivity index (χ1v) is 10.3. The predicted octanol–water partition coefficient (Wildman–Crippen LogP) is 5.03. The lowest BCUT2D eigenvalue weighted by molar-refractivity contribution is 0.0526. The molecule has 0 saturated carbocycles. The predicted molar refractivity (Wildman–Crippen MR) is 120 cm³/mol. The Balaban J connectivity index is 1.73. The standard InChI is InChI=1S/C25H24N2O4/c1-3-30-20-15-11-17(12-16-20)23-26-22-8-6-5-7-21(22)24(28)27(23)19-13-9-18(10-14-19)25(29)31-4-2/h5-16,23,26H,3-4H2,1-2H3/t23-/m1/s1. The summed E-state index contributed by atoms with van der Waals surface area (Å²) in [6, 6.07) is 22.0. The zero-order valence-corrected chi connectivity index (χ0v) is 17.5. The van der Waals surface area contributed by atoms with Gasteiger partial charge in [-0.1, -0.05) is 24.3 Å². The highest BCUT2D eigenvalue weighted by atomic mass is 16.5. The summed E-state index contributed by atoms with van der Waals surface area (Å²) in [7, 11) is 0. The van der Waals surface area contributed by atoms with Crippen LogP contribution in [0.4, 0.5) is 11.4 Å². The van der Waals surface area contributed by atoms with E-state index in [-0.39, 0.29) is 11.9 Å². The van der Waals surface area contributed by atoms with Crippen molar-refractivity contribution in [1.82, 2.24) is 0 Å².